The van der Waals surface area contributed by atoms with E-state index in [9.17, 15) is 4.39 Å². The minimum atomic E-state index is -0.291. The summed E-state index contributed by atoms with van der Waals surface area (Å²) in [6, 6.07) is 14.2. The second-order valence-corrected chi connectivity index (χ2v) is 5.76. The van der Waals surface area contributed by atoms with E-state index in [2.05, 4.69) is 21.4 Å². The van der Waals surface area contributed by atoms with Crippen LogP contribution in [-0.2, 0) is 6.42 Å². The van der Waals surface area contributed by atoms with Crippen LogP contribution in [0.3, 0.4) is 0 Å². The van der Waals surface area contributed by atoms with Gasteiger partial charge in [-0.15, -0.1) is 0 Å². The predicted octanol–water partition coefficient (Wildman–Crippen LogP) is 4.08. The van der Waals surface area contributed by atoms with Crippen LogP contribution in [0.15, 0.2) is 57.4 Å². The Morgan fingerprint density at radius 2 is 2.00 bits per heavy atom. The smallest absolute Gasteiger partial charge is 0.134 e. The molecule has 1 unspecified atom stereocenters. The highest BCUT2D eigenvalue weighted by molar-refractivity contribution is 9.10. The topological polar surface area (TPSA) is 51.2 Å². The second-order valence-electron chi connectivity index (χ2n) is 4.85. The summed E-state index contributed by atoms with van der Waals surface area (Å²) in [5, 5.41) is 1.00. The molecule has 3 nitrogen and oxygen atoms in total. The first-order valence-corrected chi connectivity index (χ1v) is 7.35. The van der Waals surface area contributed by atoms with E-state index in [1.54, 1.807) is 12.1 Å². The third-order valence-corrected chi connectivity index (χ3v) is 3.91. The van der Waals surface area contributed by atoms with Crippen molar-refractivity contribution in [1.29, 1.82) is 0 Å². The fourth-order valence-electron chi connectivity index (χ4n) is 2.34. The first-order valence-electron chi connectivity index (χ1n) is 6.56. The van der Waals surface area contributed by atoms with Crippen molar-refractivity contribution in [2.24, 2.45) is 5.84 Å². The first kappa shape index (κ1) is 14.3. The molecule has 0 amide bonds. The van der Waals surface area contributed by atoms with Crippen LogP contribution in [0, 0.1) is 5.82 Å². The van der Waals surface area contributed by atoms with Gasteiger partial charge in [-0.1, -0.05) is 34.1 Å². The monoisotopic (exact) mass is 348 g/mol. The third kappa shape index (κ3) is 3.00. The Labute approximate surface area is 130 Å². The van der Waals surface area contributed by atoms with Crippen molar-refractivity contribution in [3.05, 3.63) is 70.1 Å². The summed E-state index contributed by atoms with van der Waals surface area (Å²) in [6.07, 6.45) is 0.404. The molecule has 0 radical (unpaired) electrons. The number of hydrogen-bond acceptors (Lipinski definition) is 3. The van der Waals surface area contributed by atoms with E-state index >= 15 is 0 Å². The molecule has 3 aromatic rings. The van der Waals surface area contributed by atoms with Crippen LogP contribution in [0.25, 0.3) is 11.0 Å². The van der Waals surface area contributed by atoms with E-state index < -0.39 is 0 Å². The summed E-state index contributed by atoms with van der Waals surface area (Å²) in [5.41, 5.74) is 4.07. The van der Waals surface area contributed by atoms with Crippen molar-refractivity contribution in [3.8, 4) is 0 Å². The van der Waals surface area contributed by atoms with E-state index in [1.807, 2.05) is 30.3 Å². The lowest BCUT2D eigenvalue weighted by Gasteiger charge is -2.14. The lowest BCUT2D eigenvalue weighted by molar-refractivity contribution is 0.429. The minimum Gasteiger partial charge on any atom is -0.459 e. The molecule has 1 heterocycles. The van der Waals surface area contributed by atoms with Gasteiger partial charge in [-0.25, -0.2) is 9.82 Å². The number of benzene rings is 2. The number of para-hydroxylation sites is 1. The van der Waals surface area contributed by atoms with Crippen LogP contribution in [0.1, 0.15) is 17.4 Å². The number of hydrazine groups is 1. The van der Waals surface area contributed by atoms with E-state index in [1.165, 1.54) is 6.07 Å². The average molecular weight is 349 g/mol. The van der Waals surface area contributed by atoms with Gasteiger partial charge < -0.3 is 4.42 Å². The molecule has 0 aliphatic rings. The fraction of sp³-hybridized carbons (Fsp3) is 0.125. The van der Waals surface area contributed by atoms with E-state index in [0.717, 1.165) is 15.4 Å². The van der Waals surface area contributed by atoms with Crippen LogP contribution in [-0.4, -0.2) is 0 Å². The summed E-state index contributed by atoms with van der Waals surface area (Å²) in [7, 11) is 0. The van der Waals surface area contributed by atoms with Crippen molar-refractivity contribution >= 4 is 26.9 Å². The molecular weight excluding hydrogens is 335 g/mol. The Bertz CT molecular complexity index is 739. The molecule has 0 saturated heterocycles. The summed E-state index contributed by atoms with van der Waals surface area (Å²) in [6.45, 7) is 0. The van der Waals surface area contributed by atoms with Gasteiger partial charge in [0.1, 0.15) is 17.2 Å². The molecule has 2 aromatic carbocycles. The van der Waals surface area contributed by atoms with Gasteiger partial charge in [-0.3, -0.25) is 5.84 Å². The predicted molar refractivity (Wildman–Crippen MR) is 84.1 cm³/mol. The number of nitrogens with two attached hydrogens (primary N) is 1. The maximum Gasteiger partial charge on any atom is 0.134 e. The quantitative estimate of drug-likeness (QED) is 0.551. The molecule has 3 rings (SSSR count). The van der Waals surface area contributed by atoms with Crippen LogP contribution >= 0.6 is 15.9 Å². The van der Waals surface area contributed by atoms with Crippen molar-refractivity contribution in [2.75, 3.05) is 0 Å². The zero-order chi connectivity index (χ0) is 14.8. The van der Waals surface area contributed by atoms with E-state index in [-0.39, 0.29) is 11.9 Å². The van der Waals surface area contributed by atoms with Crippen molar-refractivity contribution in [3.63, 3.8) is 0 Å². The lowest BCUT2D eigenvalue weighted by Crippen LogP contribution is -2.29. The van der Waals surface area contributed by atoms with Crippen molar-refractivity contribution < 1.29 is 8.81 Å². The average Bonchev–Trinajstić information content (AvgIpc) is 2.91. The Kier molecular flexibility index (Phi) is 4.05. The number of furan rings is 1. The summed E-state index contributed by atoms with van der Waals surface area (Å²) < 4.78 is 20.5. The Morgan fingerprint density at radius 1 is 1.19 bits per heavy atom. The molecule has 0 spiro atoms. The molecular formula is C16H14BrFN2O. The normalized spacial score (nSPS) is 12.7. The summed E-state index contributed by atoms with van der Waals surface area (Å²) in [5.74, 6) is 6.06. The minimum absolute atomic E-state index is 0.255. The lowest BCUT2D eigenvalue weighted by atomic mass is 10.0. The van der Waals surface area contributed by atoms with Gasteiger partial charge >= 0.3 is 0 Å². The van der Waals surface area contributed by atoms with Crippen LogP contribution in [0.4, 0.5) is 4.39 Å². The van der Waals surface area contributed by atoms with Gasteiger partial charge in [-0.05, 0) is 42.3 Å². The molecule has 1 aromatic heterocycles. The van der Waals surface area contributed by atoms with Crippen LogP contribution in [0.5, 0.6) is 0 Å². The number of fused-ring (bicyclic) bond motifs is 1. The van der Waals surface area contributed by atoms with Crippen molar-refractivity contribution in [1.82, 2.24) is 5.43 Å². The molecule has 0 aliphatic carbocycles. The fourth-order valence-corrected chi connectivity index (χ4v) is 2.74. The number of rotatable bonds is 4. The zero-order valence-electron chi connectivity index (χ0n) is 11.1. The molecule has 0 saturated carbocycles. The second kappa shape index (κ2) is 5.97. The van der Waals surface area contributed by atoms with Gasteiger partial charge in [0.25, 0.3) is 0 Å². The highest BCUT2D eigenvalue weighted by Gasteiger charge is 2.17. The molecule has 0 bridgehead atoms. The zero-order valence-corrected chi connectivity index (χ0v) is 12.7. The molecule has 0 aliphatic heterocycles. The molecule has 108 valence electrons. The van der Waals surface area contributed by atoms with Crippen molar-refractivity contribution in [2.45, 2.75) is 12.5 Å². The molecule has 3 N–H and O–H groups in total. The molecule has 5 heteroatoms. The number of halogens is 2. The highest BCUT2D eigenvalue weighted by atomic mass is 79.9. The number of hydrogen-bond donors (Lipinski definition) is 2. The Hall–Kier alpha value is -1.69. The van der Waals surface area contributed by atoms with E-state index in [4.69, 9.17) is 10.3 Å². The van der Waals surface area contributed by atoms with E-state index in [0.29, 0.717) is 17.7 Å². The summed E-state index contributed by atoms with van der Waals surface area (Å²) >= 11 is 3.35. The standard InChI is InChI=1S/C16H14BrFN2O/c17-12-5-6-13(18)11(7-12)8-14(20-19)16-9-10-3-1-2-4-15(10)21-16/h1-7,9,14,20H,8,19H2. The Balaban J connectivity index is 1.92. The number of nitrogens with one attached hydrogen (secondary N) is 1. The van der Waals surface area contributed by atoms with Crippen LogP contribution in [0.2, 0.25) is 0 Å². The maximum atomic E-state index is 13.9. The SMILES string of the molecule is NNC(Cc1cc(Br)ccc1F)c1cc2ccccc2o1. The van der Waals surface area contributed by atoms with Gasteiger partial charge in [0, 0.05) is 9.86 Å². The third-order valence-electron chi connectivity index (χ3n) is 3.42. The highest BCUT2D eigenvalue weighted by Crippen LogP contribution is 2.27. The van der Waals surface area contributed by atoms with Crippen LogP contribution < -0.4 is 11.3 Å². The van der Waals surface area contributed by atoms with Gasteiger partial charge in [-0.2, -0.15) is 0 Å². The molecule has 0 fully saturated rings. The van der Waals surface area contributed by atoms with Gasteiger partial charge in [0.15, 0.2) is 0 Å². The maximum absolute atomic E-state index is 13.9. The molecule has 1 atom stereocenters. The first-order chi connectivity index (χ1) is 10.2. The van der Waals surface area contributed by atoms with Gasteiger partial charge in [0.2, 0.25) is 0 Å². The van der Waals surface area contributed by atoms with Gasteiger partial charge in [0.05, 0.1) is 6.04 Å². The Morgan fingerprint density at radius 3 is 2.76 bits per heavy atom. The molecule has 21 heavy (non-hydrogen) atoms. The summed E-state index contributed by atoms with van der Waals surface area (Å²) in [4.78, 5) is 0. The largest absolute Gasteiger partial charge is 0.459 e.